The second-order valence-electron chi connectivity index (χ2n) is 5.28. The summed E-state index contributed by atoms with van der Waals surface area (Å²) in [6.45, 7) is 9.18. The molecule has 2 aromatic rings. The highest BCUT2D eigenvalue weighted by Gasteiger charge is 2.12. The quantitative estimate of drug-likeness (QED) is 0.822. The van der Waals surface area contributed by atoms with Crippen molar-refractivity contribution in [3.05, 3.63) is 36.7 Å². The Kier molecular flexibility index (Phi) is 3.41. The number of rotatable bonds is 3. The fourth-order valence-electron chi connectivity index (χ4n) is 1.85. The van der Waals surface area contributed by atoms with E-state index in [-0.39, 0.29) is 5.60 Å². The smallest absolute Gasteiger partial charge is 0.139 e. The summed E-state index contributed by atoms with van der Waals surface area (Å²) in [5.41, 5.74) is 0.951. The maximum Gasteiger partial charge on any atom is 0.139 e. The standard InChI is InChI=1S/C15H20N2O/c1-5-17-11-10-16-14(17)12-6-8-13(9-7-12)18-15(2,3)4/h6-11H,5H2,1-4H3. The van der Waals surface area contributed by atoms with E-state index in [1.807, 2.05) is 45.3 Å². The lowest BCUT2D eigenvalue weighted by Gasteiger charge is -2.21. The van der Waals surface area contributed by atoms with Crippen molar-refractivity contribution >= 4 is 0 Å². The summed E-state index contributed by atoms with van der Waals surface area (Å²) in [6.07, 6.45) is 3.83. The summed E-state index contributed by atoms with van der Waals surface area (Å²) in [5, 5.41) is 0. The Morgan fingerprint density at radius 2 is 1.83 bits per heavy atom. The number of ether oxygens (including phenoxy) is 1. The topological polar surface area (TPSA) is 27.1 Å². The first kappa shape index (κ1) is 12.7. The van der Waals surface area contributed by atoms with Crippen LogP contribution in [0.15, 0.2) is 36.7 Å². The van der Waals surface area contributed by atoms with Crippen LogP contribution in [0.3, 0.4) is 0 Å². The van der Waals surface area contributed by atoms with Crippen molar-refractivity contribution in [2.75, 3.05) is 0 Å². The van der Waals surface area contributed by atoms with E-state index >= 15 is 0 Å². The highest BCUT2D eigenvalue weighted by atomic mass is 16.5. The summed E-state index contributed by atoms with van der Waals surface area (Å²) < 4.78 is 7.93. The molecule has 1 aromatic heterocycles. The molecule has 0 atom stereocenters. The van der Waals surface area contributed by atoms with Gasteiger partial charge < -0.3 is 9.30 Å². The fraction of sp³-hybridized carbons (Fsp3) is 0.400. The second kappa shape index (κ2) is 4.84. The molecule has 0 radical (unpaired) electrons. The molecule has 18 heavy (non-hydrogen) atoms. The number of hydrogen-bond acceptors (Lipinski definition) is 2. The molecule has 0 N–H and O–H groups in total. The number of nitrogens with zero attached hydrogens (tertiary/aromatic N) is 2. The van der Waals surface area contributed by atoms with Crippen molar-refractivity contribution < 1.29 is 4.74 Å². The predicted molar refractivity (Wildman–Crippen MR) is 73.7 cm³/mol. The monoisotopic (exact) mass is 244 g/mol. The van der Waals surface area contributed by atoms with Crippen LogP contribution in [-0.2, 0) is 6.54 Å². The van der Waals surface area contributed by atoms with E-state index in [0.29, 0.717) is 0 Å². The molecule has 3 nitrogen and oxygen atoms in total. The van der Waals surface area contributed by atoms with Crippen LogP contribution in [0.25, 0.3) is 11.4 Å². The molecule has 0 saturated heterocycles. The summed E-state index contributed by atoms with van der Waals surface area (Å²) in [6, 6.07) is 8.09. The normalized spacial score (nSPS) is 11.6. The molecule has 0 aliphatic heterocycles. The zero-order chi connectivity index (χ0) is 13.2. The molecule has 0 aliphatic rings. The maximum absolute atomic E-state index is 5.80. The first-order chi connectivity index (χ1) is 8.49. The minimum atomic E-state index is -0.163. The molecule has 0 fully saturated rings. The Morgan fingerprint density at radius 1 is 1.17 bits per heavy atom. The summed E-state index contributed by atoms with van der Waals surface area (Å²) in [4.78, 5) is 4.38. The van der Waals surface area contributed by atoms with Crippen LogP contribution >= 0.6 is 0 Å². The highest BCUT2D eigenvalue weighted by molar-refractivity contribution is 5.56. The number of benzene rings is 1. The highest BCUT2D eigenvalue weighted by Crippen LogP contribution is 2.23. The van der Waals surface area contributed by atoms with Gasteiger partial charge in [-0.2, -0.15) is 0 Å². The van der Waals surface area contributed by atoms with E-state index in [4.69, 9.17) is 4.74 Å². The van der Waals surface area contributed by atoms with Gasteiger partial charge in [0.25, 0.3) is 0 Å². The number of hydrogen-bond donors (Lipinski definition) is 0. The van der Waals surface area contributed by atoms with Gasteiger partial charge in [-0.1, -0.05) is 0 Å². The van der Waals surface area contributed by atoms with Crippen molar-refractivity contribution in [1.82, 2.24) is 9.55 Å². The molecule has 0 aliphatic carbocycles. The lowest BCUT2D eigenvalue weighted by Crippen LogP contribution is -2.22. The van der Waals surface area contributed by atoms with Gasteiger partial charge in [0.15, 0.2) is 0 Å². The van der Waals surface area contributed by atoms with Crippen molar-refractivity contribution in [3.63, 3.8) is 0 Å². The van der Waals surface area contributed by atoms with Gasteiger partial charge in [-0.3, -0.25) is 0 Å². The lowest BCUT2D eigenvalue weighted by molar-refractivity contribution is 0.131. The number of aryl methyl sites for hydroxylation is 1. The first-order valence-electron chi connectivity index (χ1n) is 6.30. The average Bonchev–Trinajstić information content (AvgIpc) is 2.76. The zero-order valence-electron chi connectivity index (χ0n) is 11.5. The third kappa shape index (κ3) is 2.92. The molecule has 1 aromatic carbocycles. The molecule has 2 rings (SSSR count). The lowest BCUT2D eigenvalue weighted by atomic mass is 10.1. The van der Waals surface area contributed by atoms with E-state index < -0.39 is 0 Å². The van der Waals surface area contributed by atoms with E-state index in [1.165, 1.54) is 0 Å². The molecule has 3 heteroatoms. The van der Waals surface area contributed by atoms with E-state index in [9.17, 15) is 0 Å². The van der Waals surface area contributed by atoms with Gasteiger partial charge >= 0.3 is 0 Å². The summed E-state index contributed by atoms with van der Waals surface area (Å²) in [7, 11) is 0. The average molecular weight is 244 g/mol. The minimum absolute atomic E-state index is 0.163. The van der Waals surface area contributed by atoms with Gasteiger partial charge in [0.05, 0.1) is 0 Å². The second-order valence-corrected chi connectivity index (χ2v) is 5.28. The van der Waals surface area contributed by atoms with E-state index in [2.05, 4.69) is 28.6 Å². The molecule has 96 valence electrons. The Hall–Kier alpha value is -1.77. The predicted octanol–water partition coefficient (Wildman–Crippen LogP) is 3.75. The molecule has 0 unspecified atom stereocenters. The Bertz CT molecular complexity index is 506. The van der Waals surface area contributed by atoms with Crippen LogP contribution in [-0.4, -0.2) is 15.2 Å². The fourth-order valence-corrected chi connectivity index (χ4v) is 1.85. The van der Waals surface area contributed by atoms with Crippen LogP contribution in [0, 0.1) is 0 Å². The van der Waals surface area contributed by atoms with Crippen molar-refractivity contribution in [3.8, 4) is 17.1 Å². The molecule has 0 amide bonds. The van der Waals surface area contributed by atoms with Crippen molar-refractivity contribution in [2.24, 2.45) is 0 Å². The van der Waals surface area contributed by atoms with E-state index in [1.54, 1.807) is 0 Å². The Balaban J connectivity index is 2.23. The zero-order valence-corrected chi connectivity index (χ0v) is 11.5. The molecule has 1 heterocycles. The van der Waals surface area contributed by atoms with Crippen LogP contribution in [0.5, 0.6) is 5.75 Å². The van der Waals surface area contributed by atoms with Crippen molar-refractivity contribution in [2.45, 2.75) is 39.8 Å². The van der Waals surface area contributed by atoms with Gasteiger partial charge in [0.1, 0.15) is 17.2 Å². The minimum Gasteiger partial charge on any atom is -0.488 e. The van der Waals surface area contributed by atoms with Gasteiger partial charge in [-0.15, -0.1) is 0 Å². The SMILES string of the molecule is CCn1ccnc1-c1ccc(OC(C)(C)C)cc1. The number of aromatic nitrogens is 2. The third-order valence-corrected chi connectivity index (χ3v) is 2.59. The molecule has 0 bridgehead atoms. The van der Waals surface area contributed by atoms with Crippen LogP contribution in [0.4, 0.5) is 0 Å². The Labute approximate surface area is 108 Å². The summed E-state index contributed by atoms with van der Waals surface area (Å²) >= 11 is 0. The molecular weight excluding hydrogens is 224 g/mol. The molecule has 0 saturated carbocycles. The van der Waals surface area contributed by atoms with E-state index in [0.717, 1.165) is 23.7 Å². The Morgan fingerprint density at radius 3 is 2.39 bits per heavy atom. The van der Waals surface area contributed by atoms with Gasteiger partial charge in [0, 0.05) is 24.5 Å². The van der Waals surface area contributed by atoms with Crippen LogP contribution in [0.1, 0.15) is 27.7 Å². The molecule has 0 spiro atoms. The van der Waals surface area contributed by atoms with Gasteiger partial charge in [0.2, 0.25) is 0 Å². The maximum atomic E-state index is 5.80. The van der Waals surface area contributed by atoms with Crippen molar-refractivity contribution in [1.29, 1.82) is 0 Å². The van der Waals surface area contributed by atoms with Gasteiger partial charge in [-0.05, 0) is 52.0 Å². The molecular formula is C15H20N2O. The third-order valence-electron chi connectivity index (χ3n) is 2.59. The first-order valence-corrected chi connectivity index (χ1v) is 6.30. The summed E-state index contributed by atoms with van der Waals surface area (Å²) in [5.74, 6) is 1.89. The largest absolute Gasteiger partial charge is 0.488 e. The van der Waals surface area contributed by atoms with Crippen LogP contribution < -0.4 is 4.74 Å². The van der Waals surface area contributed by atoms with Gasteiger partial charge in [-0.25, -0.2) is 4.98 Å². The van der Waals surface area contributed by atoms with Crippen LogP contribution in [0.2, 0.25) is 0 Å². The number of imidazole rings is 1.